The Balaban J connectivity index is 1.41. The van der Waals surface area contributed by atoms with Gasteiger partial charge in [-0.15, -0.1) is 0 Å². The van der Waals surface area contributed by atoms with Crippen molar-refractivity contribution in [3.05, 3.63) is 108 Å². The van der Waals surface area contributed by atoms with Crippen LogP contribution in [0.25, 0.3) is 60.6 Å². The van der Waals surface area contributed by atoms with Crippen molar-refractivity contribution in [2.75, 3.05) is 0 Å². The van der Waals surface area contributed by atoms with Gasteiger partial charge in [-0.1, -0.05) is 36.4 Å². The van der Waals surface area contributed by atoms with Crippen LogP contribution in [0.3, 0.4) is 0 Å². The molecule has 0 radical (unpaired) electrons. The highest BCUT2D eigenvalue weighted by Crippen LogP contribution is 2.49. The number of pyridine rings is 3. The molecule has 0 aliphatic heterocycles. The molecule has 0 atom stereocenters. The largest absolute Gasteiger partial charge is 0.289 e. The molecule has 162 valence electrons. The van der Waals surface area contributed by atoms with Crippen molar-refractivity contribution >= 4 is 38.4 Å². The number of fused-ring (bicyclic) bond motifs is 15. The number of hydrogen-bond donors (Lipinski definition) is 0. The molecule has 2 aliphatic carbocycles. The minimum absolute atomic E-state index is 0.952. The van der Waals surface area contributed by atoms with Crippen LogP contribution in [0.5, 0.6) is 0 Å². The van der Waals surface area contributed by atoms with Crippen molar-refractivity contribution < 1.29 is 0 Å². The van der Waals surface area contributed by atoms with Gasteiger partial charge in [0, 0.05) is 23.2 Å². The molecular weight excluding hydrogens is 428 g/mol. The maximum atomic E-state index is 5.06. The van der Waals surface area contributed by atoms with Crippen molar-refractivity contribution in [1.29, 1.82) is 0 Å². The quantitative estimate of drug-likeness (QED) is 0.243. The Bertz CT molecular complexity index is 2070. The summed E-state index contributed by atoms with van der Waals surface area (Å²) < 4.78 is 2.22. The zero-order valence-corrected chi connectivity index (χ0v) is 18.8. The molecule has 0 unspecified atom stereocenters. The molecule has 0 N–H and O–H groups in total. The zero-order chi connectivity index (χ0) is 22.7. The molecule has 4 nitrogen and oxygen atoms in total. The monoisotopic (exact) mass is 446 g/mol. The molecule has 4 heteroatoms. The molecule has 3 aromatic carbocycles. The lowest BCUT2D eigenvalue weighted by molar-refractivity contribution is 1.23. The second kappa shape index (κ2) is 6.10. The van der Waals surface area contributed by atoms with Crippen LogP contribution < -0.4 is 0 Å². The van der Waals surface area contributed by atoms with E-state index in [0.717, 1.165) is 35.0 Å². The second-order valence-electron chi connectivity index (χ2n) is 9.72. The van der Waals surface area contributed by atoms with E-state index in [4.69, 9.17) is 4.98 Å². The van der Waals surface area contributed by atoms with Crippen molar-refractivity contribution in [3.8, 4) is 22.3 Å². The molecule has 0 spiro atoms. The van der Waals surface area contributed by atoms with Gasteiger partial charge in [0.2, 0.25) is 0 Å². The minimum atomic E-state index is 0.952. The van der Waals surface area contributed by atoms with Crippen LogP contribution in [0.2, 0.25) is 0 Å². The minimum Gasteiger partial charge on any atom is -0.289 e. The lowest BCUT2D eigenvalue weighted by Gasteiger charge is -2.11. The topological polar surface area (TPSA) is 43.1 Å². The molecule has 4 heterocycles. The number of aromatic nitrogens is 4. The van der Waals surface area contributed by atoms with Gasteiger partial charge in [0.25, 0.3) is 0 Å². The summed E-state index contributed by atoms with van der Waals surface area (Å²) in [4.78, 5) is 13.9. The third kappa shape index (κ3) is 2.15. The summed E-state index contributed by atoms with van der Waals surface area (Å²) in [5, 5.41) is 3.61. The predicted molar refractivity (Wildman–Crippen MR) is 140 cm³/mol. The van der Waals surface area contributed by atoms with E-state index in [1.54, 1.807) is 0 Å². The molecule has 0 bridgehead atoms. The van der Waals surface area contributed by atoms with Crippen molar-refractivity contribution in [1.82, 2.24) is 19.4 Å². The van der Waals surface area contributed by atoms with Gasteiger partial charge in [0.05, 0.1) is 28.9 Å². The number of rotatable bonds is 0. The maximum absolute atomic E-state index is 5.06. The summed E-state index contributed by atoms with van der Waals surface area (Å²) in [6.07, 6.45) is 9.54. The molecule has 7 aromatic rings. The Morgan fingerprint density at radius 1 is 0.629 bits per heavy atom. The zero-order valence-electron chi connectivity index (χ0n) is 18.8. The molecule has 0 saturated carbocycles. The van der Waals surface area contributed by atoms with Crippen molar-refractivity contribution in [2.24, 2.45) is 0 Å². The van der Waals surface area contributed by atoms with Crippen molar-refractivity contribution in [2.45, 2.75) is 12.8 Å². The molecule has 2 aliphatic rings. The smallest absolute Gasteiger partial charge is 0.146 e. The van der Waals surface area contributed by atoms with E-state index in [9.17, 15) is 0 Å². The van der Waals surface area contributed by atoms with E-state index in [2.05, 4.69) is 69.0 Å². The first-order valence-corrected chi connectivity index (χ1v) is 12.0. The first kappa shape index (κ1) is 17.8. The van der Waals surface area contributed by atoms with Gasteiger partial charge in [-0.25, -0.2) is 4.98 Å². The highest BCUT2D eigenvalue weighted by atomic mass is 15.0. The first-order valence-electron chi connectivity index (χ1n) is 12.0. The van der Waals surface area contributed by atoms with Crippen LogP contribution in [0, 0.1) is 0 Å². The van der Waals surface area contributed by atoms with Crippen LogP contribution in [-0.4, -0.2) is 19.4 Å². The van der Waals surface area contributed by atoms with Crippen LogP contribution in [0.4, 0.5) is 0 Å². The highest BCUT2D eigenvalue weighted by Gasteiger charge is 2.29. The van der Waals surface area contributed by atoms with Gasteiger partial charge >= 0.3 is 0 Å². The number of nitrogens with zero attached hydrogens (tertiary/aromatic N) is 4. The van der Waals surface area contributed by atoms with Gasteiger partial charge in [0.15, 0.2) is 0 Å². The third-order valence-electron chi connectivity index (χ3n) is 8.00. The third-order valence-corrected chi connectivity index (χ3v) is 8.00. The van der Waals surface area contributed by atoms with E-state index in [-0.39, 0.29) is 0 Å². The summed E-state index contributed by atoms with van der Waals surface area (Å²) in [5.74, 6) is 0. The molecular formula is C31H18N4. The summed E-state index contributed by atoms with van der Waals surface area (Å²) in [7, 11) is 0. The average Bonchev–Trinajstić information content (AvgIpc) is 3.58. The van der Waals surface area contributed by atoms with E-state index in [0.29, 0.717) is 0 Å². The lowest BCUT2D eigenvalue weighted by Crippen LogP contribution is -1.93. The average molecular weight is 447 g/mol. The molecule has 0 saturated heterocycles. The van der Waals surface area contributed by atoms with Crippen LogP contribution >= 0.6 is 0 Å². The molecule has 4 aromatic heterocycles. The van der Waals surface area contributed by atoms with Gasteiger partial charge in [-0.3, -0.25) is 14.4 Å². The fourth-order valence-corrected chi connectivity index (χ4v) is 6.52. The standard InChI is InChI=1S/C31H18N4/c1-2-4-20-17(3-1)11-18-5-6-21-23-14-26-24(12-19(23)13-25(21)30(18)20)22-7-9-32-15-28(22)35-29-16-33-10-8-27(29)34-31(26)35/h1-10,12,14-16H,11,13H2. The Kier molecular flexibility index (Phi) is 3.11. The van der Waals surface area contributed by atoms with E-state index < -0.39 is 0 Å². The van der Waals surface area contributed by atoms with Gasteiger partial charge in [0.1, 0.15) is 5.65 Å². The molecule has 0 amide bonds. The molecule has 35 heavy (non-hydrogen) atoms. The molecule has 0 fully saturated rings. The first-order chi connectivity index (χ1) is 17.3. The number of imidazole rings is 1. The summed E-state index contributed by atoms with van der Waals surface area (Å²) >= 11 is 0. The van der Waals surface area contributed by atoms with Crippen molar-refractivity contribution in [3.63, 3.8) is 0 Å². The Labute approximate surface area is 200 Å². The number of benzene rings is 3. The fourth-order valence-electron chi connectivity index (χ4n) is 6.52. The van der Waals surface area contributed by atoms with E-state index >= 15 is 0 Å². The SMILES string of the molecule is c1ccc2c(c1)Cc1ccc3c(c1-2)Cc1cc2c4ccncc4n4c5cnccc5nc4c2cc1-3. The normalized spacial score (nSPS) is 13.5. The number of hydrogen-bond acceptors (Lipinski definition) is 3. The van der Waals surface area contributed by atoms with Gasteiger partial charge in [-0.2, -0.15) is 0 Å². The molecule has 9 rings (SSSR count). The summed E-state index contributed by atoms with van der Waals surface area (Å²) in [5.41, 5.74) is 15.3. The lowest BCUT2D eigenvalue weighted by atomic mass is 9.95. The Morgan fingerprint density at radius 3 is 2.49 bits per heavy atom. The van der Waals surface area contributed by atoms with Crippen LogP contribution in [0.15, 0.2) is 85.5 Å². The van der Waals surface area contributed by atoms with Gasteiger partial charge in [-0.05, 0) is 87.0 Å². The van der Waals surface area contributed by atoms with Gasteiger partial charge < -0.3 is 0 Å². The maximum Gasteiger partial charge on any atom is 0.146 e. The predicted octanol–water partition coefficient (Wildman–Crippen LogP) is 6.73. The van der Waals surface area contributed by atoms with E-state index in [1.165, 1.54) is 60.7 Å². The highest BCUT2D eigenvalue weighted by molar-refractivity contribution is 6.15. The summed E-state index contributed by atoms with van der Waals surface area (Å²) in [6.45, 7) is 0. The Morgan fingerprint density at radius 2 is 1.51 bits per heavy atom. The van der Waals surface area contributed by atoms with Crippen LogP contribution in [-0.2, 0) is 12.8 Å². The summed E-state index contributed by atoms with van der Waals surface area (Å²) in [6, 6.07) is 22.4. The second-order valence-corrected chi connectivity index (χ2v) is 9.72. The van der Waals surface area contributed by atoms with E-state index in [1.807, 2.05) is 30.9 Å². The van der Waals surface area contributed by atoms with Crippen LogP contribution in [0.1, 0.15) is 22.3 Å². The fraction of sp³-hybridized carbons (Fsp3) is 0.0645. The Hall–Kier alpha value is -4.57.